The van der Waals surface area contributed by atoms with E-state index in [1.165, 1.54) is 11.1 Å². The predicted molar refractivity (Wildman–Crippen MR) is 114 cm³/mol. The van der Waals surface area contributed by atoms with Crippen LogP contribution in [0.3, 0.4) is 0 Å². The number of rotatable bonds is 3. The maximum Gasteiger partial charge on any atom is 0.407 e. The third-order valence-corrected chi connectivity index (χ3v) is 5.90. The van der Waals surface area contributed by atoms with Gasteiger partial charge in [-0.3, -0.25) is 9.89 Å². The first kappa shape index (κ1) is 20.6. The summed E-state index contributed by atoms with van der Waals surface area (Å²) in [6.07, 6.45) is 9.61. The molecule has 2 atom stereocenters. The van der Waals surface area contributed by atoms with Crippen molar-refractivity contribution < 1.29 is 9.53 Å². The van der Waals surface area contributed by atoms with Crippen LogP contribution in [0.5, 0.6) is 0 Å². The monoisotopic (exact) mass is 455 g/mol. The SMILES string of the molecule is CC(C)(C)OC(=O)NC1CCN(CC2=CC(Cl)C3C=NC=C(Br)C3=C2)CC1. The second-order valence-corrected chi connectivity index (χ2v) is 9.64. The summed E-state index contributed by atoms with van der Waals surface area (Å²) in [4.78, 5) is 18.6. The van der Waals surface area contributed by atoms with Gasteiger partial charge in [0.2, 0.25) is 0 Å². The van der Waals surface area contributed by atoms with E-state index in [-0.39, 0.29) is 23.4 Å². The van der Waals surface area contributed by atoms with Crippen molar-refractivity contribution in [3.8, 4) is 0 Å². The third kappa shape index (κ3) is 5.69. The van der Waals surface area contributed by atoms with Gasteiger partial charge in [0.25, 0.3) is 0 Å². The second kappa shape index (κ2) is 8.50. The van der Waals surface area contributed by atoms with E-state index < -0.39 is 5.60 Å². The molecule has 1 fully saturated rings. The Morgan fingerprint density at radius 1 is 1.41 bits per heavy atom. The number of nitrogens with zero attached hydrogens (tertiary/aromatic N) is 2. The van der Waals surface area contributed by atoms with Gasteiger partial charge in [-0.1, -0.05) is 12.2 Å². The molecule has 1 saturated heterocycles. The van der Waals surface area contributed by atoms with Crippen molar-refractivity contribution in [2.24, 2.45) is 10.9 Å². The predicted octanol–water partition coefficient (Wildman–Crippen LogP) is 4.39. The summed E-state index contributed by atoms with van der Waals surface area (Å²) in [7, 11) is 0. The van der Waals surface area contributed by atoms with E-state index in [4.69, 9.17) is 16.3 Å². The Bertz CT molecular complexity index is 701. The number of hydrogen-bond acceptors (Lipinski definition) is 4. The molecule has 0 saturated carbocycles. The lowest BCUT2D eigenvalue weighted by atomic mass is 9.87. The number of hydrogen-bond donors (Lipinski definition) is 1. The highest BCUT2D eigenvalue weighted by Gasteiger charge is 2.29. The van der Waals surface area contributed by atoms with Gasteiger partial charge in [0.05, 0.1) is 5.38 Å². The van der Waals surface area contributed by atoms with Gasteiger partial charge in [0, 0.05) is 48.5 Å². The molecule has 2 aliphatic heterocycles. The average molecular weight is 457 g/mol. The Hall–Kier alpha value is -1.11. The fraction of sp³-hybridized carbons (Fsp3) is 0.600. The van der Waals surface area contributed by atoms with Crippen LogP contribution >= 0.6 is 27.5 Å². The van der Waals surface area contributed by atoms with Gasteiger partial charge < -0.3 is 10.1 Å². The van der Waals surface area contributed by atoms with E-state index in [1.807, 2.05) is 33.2 Å². The fourth-order valence-corrected chi connectivity index (χ4v) is 4.42. The van der Waals surface area contributed by atoms with Crippen molar-refractivity contribution in [3.05, 3.63) is 34.0 Å². The average Bonchev–Trinajstić information content (AvgIpc) is 2.56. The molecule has 1 amide bonds. The standard InChI is InChI=1S/C20H27BrClN3O2/c1-20(2,3)27-19(26)24-14-4-6-25(7-5-14)12-13-8-15-16(18(22)9-13)10-23-11-17(15)21/h8-11,14,16,18H,4-7,12H2,1-3H3,(H,24,26). The number of piperidine rings is 1. The molecule has 0 spiro atoms. The highest BCUT2D eigenvalue weighted by atomic mass is 79.9. The van der Waals surface area contributed by atoms with Crippen molar-refractivity contribution in [1.82, 2.24) is 10.2 Å². The lowest BCUT2D eigenvalue weighted by molar-refractivity contribution is 0.0481. The number of alkyl halides is 1. The molecule has 5 nitrogen and oxygen atoms in total. The molecular formula is C20H27BrClN3O2. The summed E-state index contributed by atoms with van der Waals surface area (Å²) in [5.41, 5.74) is 1.97. The first-order chi connectivity index (χ1) is 12.7. The molecule has 2 heterocycles. The summed E-state index contributed by atoms with van der Waals surface area (Å²) in [6, 6.07) is 0.173. The zero-order valence-electron chi connectivity index (χ0n) is 16.0. The maximum atomic E-state index is 11.9. The smallest absolute Gasteiger partial charge is 0.407 e. The van der Waals surface area contributed by atoms with Crippen LogP contribution in [0.1, 0.15) is 33.6 Å². The lowest BCUT2D eigenvalue weighted by Crippen LogP contribution is -2.46. The molecule has 0 radical (unpaired) electrons. The summed E-state index contributed by atoms with van der Waals surface area (Å²) < 4.78 is 6.35. The number of halogens is 2. The van der Waals surface area contributed by atoms with Crippen molar-refractivity contribution >= 4 is 39.8 Å². The Kier molecular flexibility index (Phi) is 6.49. The van der Waals surface area contributed by atoms with Crippen LogP contribution in [0, 0.1) is 5.92 Å². The molecule has 0 aromatic carbocycles. The number of allylic oxidation sites excluding steroid dienone is 3. The van der Waals surface area contributed by atoms with Crippen molar-refractivity contribution in [3.63, 3.8) is 0 Å². The molecule has 1 aliphatic carbocycles. The summed E-state index contributed by atoms with van der Waals surface area (Å²) in [5.74, 6) is 0.138. The van der Waals surface area contributed by atoms with E-state index >= 15 is 0 Å². The van der Waals surface area contributed by atoms with Crippen LogP contribution in [0.15, 0.2) is 39.0 Å². The molecule has 2 unspecified atom stereocenters. The van der Waals surface area contributed by atoms with Crippen molar-refractivity contribution in [1.29, 1.82) is 0 Å². The third-order valence-electron chi connectivity index (χ3n) is 4.84. The topological polar surface area (TPSA) is 53.9 Å². The number of alkyl carbamates (subject to hydrolysis) is 1. The molecule has 0 aromatic rings. The van der Waals surface area contributed by atoms with Crippen LogP contribution in [-0.2, 0) is 4.74 Å². The number of fused-ring (bicyclic) bond motifs is 1. The molecule has 3 aliphatic rings. The van der Waals surface area contributed by atoms with Gasteiger partial charge in [0.1, 0.15) is 5.60 Å². The summed E-state index contributed by atoms with van der Waals surface area (Å²) in [5, 5.41) is 2.91. The Morgan fingerprint density at radius 2 is 2.11 bits per heavy atom. The van der Waals surface area contributed by atoms with E-state index in [1.54, 1.807) is 0 Å². The van der Waals surface area contributed by atoms with Crippen LogP contribution in [-0.4, -0.2) is 53.9 Å². The molecule has 148 valence electrons. The summed E-state index contributed by atoms with van der Waals surface area (Å²) >= 11 is 10.2. The van der Waals surface area contributed by atoms with Gasteiger partial charge in [-0.2, -0.15) is 0 Å². The number of aliphatic imine (C=N–C) groups is 1. The minimum atomic E-state index is -0.464. The van der Waals surface area contributed by atoms with Gasteiger partial charge in [-0.15, -0.1) is 11.6 Å². The maximum absolute atomic E-state index is 11.9. The molecule has 7 heteroatoms. The second-order valence-electron chi connectivity index (χ2n) is 8.28. The number of nitrogens with one attached hydrogen (secondary N) is 1. The number of ether oxygens (including phenoxy) is 1. The van der Waals surface area contributed by atoms with Gasteiger partial charge in [-0.25, -0.2) is 4.79 Å². The molecule has 3 rings (SSSR count). The molecular weight excluding hydrogens is 430 g/mol. The Balaban J connectivity index is 1.50. The lowest BCUT2D eigenvalue weighted by Gasteiger charge is -2.34. The van der Waals surface area contributed by atoms with Crippen LogP contribution in [0.25, 0.3) is 0 Å². The first-order valence-electron chi connectivity index (χ1n) is 9.39. The molecule has 27 heavy (non-hydrogen) atoms. The Morgan fingerprint density at radius 3 is 2.78 bits per heavy atom. The highest BCUT2D eigenvalue weighted by molar-refractivity contribution is 9.12. The number of likely N-dealkylation sites (tertiary alicyclic amines) is 1. The number of carbonyl (C=O) groups excluding carboxylic acids is 1. The summed E-state index contributed by atoms with van der Waals surface area (Å²) in [6.45, 7) is 8.38. The molecule has 1 N–H and O–H groups in total. The zero-order chi connectivity index (χ0) is 19.6. The largest absolute Gasteiger partial charge is 0.444 e. The Labute approximate surface area is 174 Å². The van der Waals surface area contributed by atoms with Crippen molar-refractivity contribution in [2.75, 3.05) is 19.6 Å². The number of amides is 1. The van der Waals surface area contributed by atoms with Gasteiger partial charge in [-0.05, 0) is 60.7 Å². The van der Waals surface area contributed by atoms with Gasteiger partial charge in [0.15, 0.2) is 0 Å². The van der Waals surface area contributed by atoms with E-state index in [9.17, 15) is 4.79 Å². The van der Waals surface area contributed by atoms with Crippen LogP contribution < -0.4 is 5.32 Å². The minimum Gasteiger partial charge on any atom is -0.444 e. The first-order valence-corrected chi connectivity index (χ1v) is 10.6. The van der Waals surface area contributed by atoms with E-state index in [0.29, 0.717) is 0 Å². The zero-order valence-corrected chi connectivity index (χ0v) is 18.4. The van der Waals surface area contributed by atoms with Crippen LogP contribution in [0.4, 0.5) is 4.79 Å². The van der Waals surface area contributed by atoms with Crippen molar-refractivity contribution in [2.45, 2.75) is 50.6 Å². The fourth-order valence-electron chi connectivity index (χ4n) is 3.56. The normalized spacial score (nSPS) is 26.6. The van der Waals surface area contributed by atoms with Gasteiger partial charge >= 0.3 is 6.09 Å². The quantitative estimate of drug-likeness (QED) is 0.641. The molecule has 0 bridgehead atoms. The minimum absolute atomic E-state index is 0.0728. The van der Waals surface area contributed by atoms with E-state index in [2.05, 4.69) is 43.3 Å². The highest BCUT2D eigenvalue weighted by Crippen LogP contribution is 2.36. The molecule has 0 aromatic heterocycles. The number of carbonyl (C=O) groups is 1. The van der Waals surface area contributed by atoms with Crippen LogP contribution in [0.2, 0.25) is 0 Å². The van der Waals surface area contributed by atoms with E-state index in [0.717, 1.165) is 37.0 Å².